The Balaban J connectivity index is 1.47. The van der Waals surface area contributed by atoms with Crippen LogP contribution in [0.3, 0.4) is 0 Å². The average Bonchev–Trinajstić information content (AvgIpc) is 2.41. The molecular formula is C15H20FN3O. The van der Waals surface area contributed by atoms with Crippen molar-refractivity contribution in [3.05, 3.63) is 30.1 Å². The molecule has 3 rings (SSSR count). The lowest BCUT2D eigenvalue weighted by atomic mass is 10.0. The lowest BCUT2D eigenvalue weighted by Gasteiger charge is -2.46. The summed E-state index contributed by atoms with van der Waals surface area (Å²) in [5.41, 5.74) is 0.637. The van der Waals surface area contributed by atoms with Crippen LogP contribution >= 0.6 is 0 Å². The van der Waals surface area contributed by atoms with Gasteiger partial charge in [-0.2, -0.15) is 0 Å². The van der Waals surface area contributed by atoms with Crippen molar-refractivity contribution in [2.24, 2.45) is 0 Å². The summed E-state index contributed by atoms with van der Waals surface area (Å²) in [4.78, 5) is 16.3. The van der Waals surface area contributed by atoms with Gasteiger partial charge in [-0.1, -0.05) is 6.42 Å². The van der Waals surface area contributed by atoms with Crippen LogP contribution < -0.4 is 5.32 Å². The molecule has 1 N–H and O–H groups in total. The van der Waals surface area contributed by atoms with Gasteiger partial charge in [0.2, 0.25) is 0 Å². The Kier molecular flexibility index (Phi) is 3.87. The third-order valence-electron chi connectivity index (χ3n) is 4.15. The highest BCUT2D eigenvalue weighted by molar-refractivity contribution is 5.89. The van der Waals surface area contributed by atoms with Crippen molar-refractivity contribution in [2.75, 3.05) is 31.5 Å². The van der Waals surface area contributed by atoms with Gasteiger partial charge < -0.3 is 10.2 Å². The fourth-order valence-electron chi connectivity index (χ4n) is 2.87. The molecule has 0 radical (unpaired) electrons. The van der Waals surface area contributed by atoms with E-state index in [-0.39, 0.29) is 11.8 Å². The van der Waals surface area contributed by atoms with E-state index < -0.39 is 0 Å². The third-order valence-corrected chi connectivity index (χ3v) is 4.15. The Morgan fingerprint density at radius 3 is 2.40 bits per heavy atom. The molecule has 1 aromatic carbocycles. The molecule has 2 heterocycles. The van der Waals surface area contributed by atoms with Crippen LogP contribution in [0.25, 0.3) is 0 Å². The van der Waals surface area contributed by atoms with E-state index in [0.717, 1.165) is 26.2 Å². The molecule has 1 aromatic rings. The Morgan fingerprint density at radius 2 is 1.75 bits per heavy atom. The molecule has 0 spiro atoms. The number of nitrogens with zero attached hydrogens (tertiary/aromatic N) is 2. The van der Waals surface area contributed by atoms with Gasteiger partial charge in [0.25, 0.3) is 0 Å². The van der Waals surface area contributed by atoms with Crippen molar-refractivity contribution in [3.8, 4) is 0 Å². The Bertz CT molecular complexity index is 465. The molecule has 0 unspecified atom stereocenters. The summed E-state index contributed by atoms with van der Waals surface area (Å²) in [5, 5.41) is 2.80. The minimum Gasteiger partial charge on any atom is -0.321 e. The van der Waals surface area contributed by atoms with Crippen LogP contribution in [0.5, 0.6) is 0 Å². The number of hydrogen-bond acceptors (Lipinski definition) is 2. The standard InChI is InChI=1S/C15H20FN3O/c16-12-4-6-13(7-5-12)17-15(20)19-10-14(11-19)18-8-2-1-3-9-18/h4-7,14H,1-3,8-11H2,(H,17,20). The van der Waals surface area contributed by atoms with E-state index in [1.807, 2.05) is 4.90 Å². The number of nitrogens with one attached hydrogen (secondary N) is 1. The summed E-state index contributed by atoms with van der Waals surface area (Å²) in [6.45, 7) is 3.93. The maximum Gasteiger partial charge on any atom is 0.321 e. The molecule has 2 amide bonds. The van der Waals surface area contributed by atoms with Crippen molar-refractivity contribution >= 4 is 11.7 Å². The van der Waals surface area contributed by atoms with Crippen molar-refractivity contribution in [1.29, 1.82) is 0 Å². The number of rotatable bonds is 2. The molecule has 20 heavy (non-hydrogen) atoms. The molecule has 4 nitrogen and oxygen atoms in total. The molecule has 5 heteroatoms. The number of anilines is 1. The van der Waals surface area contributed by atoms with Gasteiger partial charge in [-0.25, -0.2) is 9.18 Å². The van der Waals surface area contributed by atoms with E-state index in [2.05, 4.69) is 10.2 Å². The monoisotopic (exact) mass is 277 g/mol. The van der Waals surface area contributed by atoms with Gasteiger partial charge in [0.05, 0.1) is 0 Å². The highest BCUT2D eigenvalue weighted by Gasteiger charge is 2.35. The topological polar surface area (TPSA) is 35.6 Å². The second-order valence-electron chi connectivity index (χ2n) is 5.59. The van der Waals surface area contributed by atoms with E-state index in [4.69, 9.17) is 0 Å². The van der Waals surface area contributed by atoms with Gasteiger partial charge >= 0.3 is 6.03 Å². The Hall–Kier alpha value is -1.62. The normalized spacial score (nSPS) is 20.6. The van der Waals surface area contributed by atoms with E-state index in [1.165, 1.54) is 31.4 Å². The predicted molar refractivity (Wildman–Crippen MR) is 76.2 cm³/mol. The number of amides is 2. The molecule has 2 aliphatic rings. The zero-order chi connectivity index (χ0) is 13.9. The fraction of sp³-hybridized carbons (Fsp3) is 0.533. The maximum atomic E-state index is 12.8. The zero-order valence-electron chi connectivity index (χ0n) is 11.5. The first kappa shape index (κ1) is 13.4. The number of benzene rings is 1. The highest BCUT2D eigenvalue weighted by atomic mass is 19.1. The van der Waals surface area contributed by atoms with E-state index in [0.29, 0.717) is 11.7 Å². The molecular weight excluding hydrogens is 257 g/mol. The highest BCUT2D eigenvalue weighted by Crippen LogP contribution is 2.20. The molecule has 0 saturated carbocycles. The van der Waals surface area contributed by atoms with Gasteiger partial charge in [-0.3, -0.25) is 4.90 Å². The molecule has 2 aliphatic heterocycles. The molecule has 0 aromatic heterocycles. The number of carbonyl (C=O) groups excluding carboxylic acids is 1. The van der Waals surface area contributed by atoms with Crippen molar-refractivity contribution in [3.63, 3.8) is 0 Å². The number of halogens is 1. The molecule has 0 atom stereocenters. The first-order valence-corrected chi connectivity index (χ1v) is 7.28. The fourth-order valence-corrected chi connectivity index (χ4v) is 2.87. The van der Waals surface area contributed by atoms with E-state index in [9.17, 15) is 9.18 Å². The van der Waals surface area contributed by atoms with Crippen molar-refractivity contribution in [2.45, 2.75) is 25.3 Å². The van der Waals surface area contributed by atoms with Gasteiger partial charge in [-0.15, -0.1) is 0 Å². The van der Waals surface area contributed by atoms with Crippen LogP contribution in [-0.2, 0) is 0 Å². The SMILES string of the molecule is O=C(Nc1ccc(F)cc1)N1CC(N2CCCCC2)C1. The summed E-state index contributed by atoms with van der Waals surface area (Å²) in [6, 6.07) is 6.29. The van der Waals surface area contributed by atoms with Crippen molar-refractivity contribution < 1.29 is 9.18 Å². The number of likely N-dealkylation sites (tertiary alicyclic amines) is 2. The van der Waals surface area contributed by atoms with Crippen LogP contribution in [0.2, 0.25) is 0 Å². The number of piperidine rings is 1. The van der Waals surface area contributed by atoms with Crippen LogP contribution in [0.15, 0.2) is 24.3 Å². The van der Waals surface area contributed by atoms with Gasteiger partial charge in [0.15, 0.2) is 0 Å². The molecule has 108 valence electrons. The Morgan fingerprint density at radius 1 is 1.10 bits per heavy atom. The summed E-state index contributed by atoms with van der Waals surface area (Å²) >= 11 is 0. The van der Waals surface area contributed by atoms with Crippen LogP contribution in [-0.4, -0.2) is 48.1 Å². The number of urea groups is 1. The van der Waals surface area contributed by atoms with Crippen LogP contribution in [0.4, 0.5) is 14.9 Å². The number of hydrogen-bond donors (Lipinski definition) is 1. The summed E-state index contributed by atoms with van der Waals surface area (Å²) in [6.07, 6.45) is 3.88. The van der Waals surface area contributed by atoms with E-state index >= 15 is 0 Å². The molecule has 0 aliphatic carbocycles. The Labute approximate surface area is 118 Å². The predicted octanol–water partition coefficient (Wildman–Crippen LogP) is 2.53. The zero-order valence-corrected chi connectivity index (χ0v) is 11.5. The first-order valence-electron chi connectivity index (χ1n) is 7.28. The largest absolute Gasteiger partial charge is 0.321 e. The second kappa shape index (κ2) is 5.79. The average molecular weight is 277 g/mol. The summed E-state index contributed by atoms with van der Waals surface area (Å²) in [5.74, 6) is -0.294. The van der Waals surface area contributed by atoms with Crippen LogP contribution in [0, 0.1) is 5.82 Å². The first-order chi connectivity index (χ1) is 9.72. The molecule has 0 bridgehead atoms. The third kappa shape index (κ3) is 2.93. The van der Waals surface area contributed by atoms with Gasteiger partial charge in [0, 0.05) is 24.8 Å². The van der Waals surface area contributed by atoms with Crippen LogP contribution in [0.1, 0.15) is 19.3 Å². The van der Waals surface area contributed by atoms with E-state index in [1.54, 1.807) is 12.1 Å². The quantitative estimate of drug-likeness (QED) is 0.901. The summed E-state index contributed by atoms with van der Waals surface area (Å²) in [7, 11) is 0. The second-order valence-corrected chi connectivity index (χ2v) is 5.59. The van der Waals surface area contributed by atoms with Gasteiger partial charge in [0.1, 0.15) is 5.82 Å². The molecule has 2 fully saturated rings. The summed E-state index contributed by atoms with van der Waals surface area (Å²) < 4.78 is 12.8. The maximum absolute atomic E-state index is 12.8. The lowest BCUT2D eigenvalue weighted by Crippen LogP contribution is -2.62. The number of carbonyl (C=O) groups is 1. The minimum atomic E-state index is -0.294. The van der Waals surface area contributed by atoms with Crippen molar-refractivity contribution in [1.82, 2.24) is 9.80 Å². The minimum absolute atomic E-state index is 0.0927. The molecule has 2 saturated heterocycles. The smallest absolute Gasteiger partial charge is 0.321 e. The van der Waals surface area contributed by atoms with Gasteiger partial charge in [-0.05, 0) is 50.2 Å². The lowest BCUT2D eigenvalue weighted by molar-refractivity contribution is 0.0493.